The van der Waals surface area contributed by atoms with Crippen LogP contribution in [0.3, 0.4) is 0 Å². The van der Waals surface area contributed by atoms with Crippen molar-refractivity contribution in [3.8, 4) is 11.8 Å². The second kappa shape index (κ2) is 6.73. The number of nitrogens with two attached hydrogens (primary N) is 1. The first-order valence-corrected chi connectivity index (χ1v) is 8.33. The monoisotopic (exact) mass is 296 g/mol. The number of hydrogen-bond donors (Lipinski definition) is 1. The van der Waals surface area contributed by atoms with Crippen LogP contribution in [0.15, 0.2) is 29.2 Å². The topological polar surface area (TPSA) is 93.2 Å². The lowest BCUT2D eigenvalue weighted by Gasteiger charge is -2.18. The molecule has 0 spiro atoms. The van der Waals surface area contributed by atoms with Crippen molar-refractivity contribution in [3.63, 3.8) is 0 Å². The summed E-state index contributed by atoms with van der Waals surface area (Å²) in [5, 5.41) is 8.94. The summed E-state index contributed by atoms with van der Waals surface area (Å²) >= 11 is 0. The molecule has 20 heavy (non-hydrogen) atoms. The van der Waals surface area contributed by atoms with Gasteiger partial charge in [-0.3, -0.25) is 0 Å². The third-order valence-electron chi connectivity index (χ3n) is 3.14. The predicted octanol–water partition coefficient (Wildman–Crippen LogP) is 1.88. The molecule has 0 amide bonds. The van der Waals surface area contributed by atoms with E-state index in [1.54, 1.807) is 12.1 Å². The summed E-state index contributed by atoms with van der Waals surface area (Å²) in [6, 6.07) is 8.38. The van der Waals surface area contributed by atoms with E-state index in [0.717, 1.165) is 6.26 Å². The van der Waals surface area contributed by atoms with Gasteiger partial charge in [-0.25, -0.2) is 8.42 Å². The molecule has 1 aromatic carbocycles. The predicted molar refractivity (Wildman–Crippen MR) is 77.1 cm³/mol. The summed E-state index contributed by atoms with van der Waals surface area (Å²) in [6.07, 6.45) is 3.01. The Hall–Kier alpha value is -1.58. The number of rotatable bonds is 7. The molecule has 1 unspecified atom stereocenters. The van der Waals surface area contributed by atoms with Gasteiger partial charge in [0, 0.05) is 6.26 Å². The van der Waals surface area contributed by atoms with Gasteiger partial charge in [-0.05, 0) is 43.5 Å². The maximum absolute atomic E-state index is 11.3. The normalized spacial score (nSPS) is 14.3. The molecule has 0 aliphatic carbocycles. The van der Waals surface area contributed by atoms with Crippen molar-refractivity contribution in [3.05, 3.63) is 24.3 Å². The second-order valence-corrected chi connectivity index (χ2v) is 6.83. The van der Waals surface area contributed by atoms with Crippen molar-refractivity contribution >= 4 is 9.84 Å². The summed E-state index contributed by atoms with van der Waals surface area (Å²) < 4.78 is 28.1. The van der Waals surface area contributed by atoms with Crippen LogP contribution < -0.4 is 10.5 Å². The van der Waals surface area contributed by atoms with Gasteiger partial charge in [0.15, 0.2) is 9.84 Å². The first kappa shape index (κ1) is 16.5. The molecule has 0 aliphatic heterocycles. The number of nitriles is 1. The van der Waals surface area contributed by atoms with E-state index in [0.29, 0.717) is 31.6 Å². The molecule has 6 heteroatoms. The summed E-state index contributed by atoms with van der Waals surface area (Å²) in [5.41, 5.74) is 5.07. The summed E-state index contributed by atoms with van der Waals surface area (Å²) in [4.78, 5) is 0.265. The standard InChI is InChI=1S/C14H20N2O3S/c1-3-14(16,11-15)9-4-10-19-12-5-7-13(8-6-12)20(2,17)18/h5-8H,3-4,9-10,16H2,1-2H3. The van der Waals surface area contributed by atoms with Crippen LogP contribution in [0.25, 0.3) is 0 Å². The number of nitrogens with zero attached hydrogens (tertiary/aromatic N) is 1. The summed E-state index contributed by atoms with van der Waals surface area (Å²) in [5.74, 6) is 0.605. The van der Waals surface area contributed by atoms with Crippen molar-refractivity contribution in [2.24, 2.45) is 5.73 Å². The van der Waals surface area contributed by atoms with Crippen LogP contribution in [0.5, 0.6) is 5.75 Å². The molecule has 0 aliphatic rings. The van der Waals surface area contributed by atoms with E-state index in [2.05, 4.69) is 6.07 Å². The molecule has 0 saturated heterocycles. The van der Waals surface area contributed by atoms with E-state index in [4.69, 9.17) is 15.7 Å². The van der Waals surface area contributed by atoms with Crippen molar-refractivity contribution in [1.82, 2.24) is 0 Å². The summed E-state index contributed by atoms with van der Waals surface area (Å²) in [6.45, 7) is 2.33. The first-order valence-electron chi connectivity index (χ1n) is 6.44. The van der Waals surface area contributed by atoms with Gasteiger partial charge in [-0.2, -0.15) is 5.26 Å². The molecule has 1 atom stereocenters. The number of hydrogen-bond acceptors (Lipinski definition) is 5. The molecule has 1 aromatic rings. The van der Waals surface area contributed by atoms with Crippen LogP contribution in [-0.2, 0) is 9.84 Å². The Labute approximate surface area is 120 Å². The van der Waals surface area contributed by atoms with E-state index >= 15 is 0 Å². The van der Waals surface area contributed by atoms with Crippen molar-refractivity contribution in [2.75, 3.05) is 12.9 Å². The minimum absolute atomic E-state index is 0.265. The molecule has 0 saturated carbocycles. The van der Waals surface area contributed by atoms with Crippen LogP contribution in [0.1, 0.15) is 26.2 Å². The van der Waals surface area contributed by atoms with Gasteiger partial charge < -0.3 is 10.5 Å². The molecule has 5 nitrogen and oxygen atoms in total. The minimum Gasteiger partial charge on any atom is -0.494 e. The lowest BCUT2D eigenvalue weighted by molar-refractivity contribution is 0.291. The van der Waals surface area contributed by atoms with Crippen LogP contribution in [0.4, 0.5) is 0 Å². The number of sulfone groups is 1. The Morgan fingerprint density at radius 3 is 2.40 bits per heavy atom. The molecule has 110 valence electrons. The van der Waals surface area contributed by atoms with Gasteiger partial charge >= 0.3 is 0 Å². The third kappa shape index (κ3) is 4.83. The average Bonchev–Trinajstić information content (AvgIpc) is 2.43. The minimum atomic E-state index is -3.18. The largest absolute Gasteiger partial charge is 0.494 e. The quantitative estimate of drug-likeness (QED) is 0.775. The summed E-state index contributed by atoms with van der Waals surface area (Å²) in [7, 11) is -3.18. The first-order chi connectivity index (χ1) is 9.30. The Morgan fingerprint density at radius 2 is 1.95 bits per heavy atom. The number of ether oxygens (including phenoxy) is 1. The molecule has 0 radical (unpaired) electrons. The molecule has 1 rings (SSSR count). The maximum Gasteiger partial charge on any atom is 0.175 e. The SMILES string of the molecule is CCC(N)(C#N)CCCOc1ccc(S(C)(=O)=O)cc1. The third-order valence-corrected chi connectivity index (χ3v) is 4.27. The molecule has 0 bridgehead atoms. The van der Waals surface area contributed by atoms with E-state index in [1.165, 1.54) is 12.1 Å². The van der Waals surface area contributed by atoms with Gasteiger partial charge in [0.1, 0.15) is 11.3 Å². The molecule has 0 aromatic heterocycles. The second-order valence-electron chi connectivity index (χ2n) is 4.82. The van der Waals surface area contributed by atoms with Crippen molar-refractivity contribution < 1.29 is 13.2 Å². The Morgan fingerprint density at radius 1 is 1.35 bits per heavy atom. The van der Waals surface area contributed by atoms with Crippen molar-refractivity contribution in [1.29, 1.82) is 5.26 Å². The van der Waals surface area contributed by atoms with E-state index in [-0.39, 0.29) is 4.90 Å². The highest BCUT2D eigenvalue weighted by Gasteiger charge is 2.21. The van der Waals surface area contributed by atoms with E-state index in [1.807, 2.05) is 6.92 Å². The van der Waals surface area contributed by atoms with Crippen LogP contribution in [-0.4, -0.2) is 26.8 Å². The average molecular weight is 296 g/mol. The highest BCUT2D eigenvalue weighted by atomic mass is 32.2. The van der Waals surface area contributed by atoms with Gasteiger partial charge in [-0.15, -0.1) is 0 Å². The van der Waals surface area contributed by atoms with Gasteiger partial charge in [0.05, 0.1) is 17.6 Å². The molecule has 2 N–H and O–H groups in total. The lowest BCUT2D eigenvalue weighted by Crippen LogP contribution is -2.37. The smallest absolute Gasteiger partial charge is 0.175 e. The fourth-order valence-corrected chi connectivity index (χ4v) is 2.30. The zero-order chi connectivity index (χ0) is 15.2. The van der Waals surface area contributed by atoms with Gasteiger partial charge in [-0.1, -0.05) is 6.92 Å². The molecular weight excluding hydrogens is 276 g/mol. The van der Waals surface area contributed by atoms with Gasteiger partial charge in [0.25, 0.3) is 0 Å². The van der Waals surface area contributed by atoms with Crippen LogP contribution in [0.2, 0.25) is 0 Å². The van der Waals surface area contributed by atoms with E-state index in [9.17, 15) is 8.42 Å². The molecule has 0 heterocycles. The highest BCUT2D eigenvalue weighted by molar-refractivity contribution is 7.90. The fraction of sp³-hybridized carbons (Fsp3) is 0.500. The van der Waals surface area contributed by atoms with E-state index < -0.39 is 15.4 Å². The Balaban J connectivity index is 2.46. The fourth-order valence-electron chi connectivity index (χ4n) is 1.67. The zero-order valence-electron chi connectivity index (χ0n) is 11.8. The molecule has 0 fully saturated rings. The zero-order valence-corrected chi connectivity index (χ0v) is 12.6. The van der Waals surface area contributed by atoms with Crippen molar-refractivity contribution in [2.45, 2.75) is 36.6 Å². The maximum atomic E-state index is 11.3. The number of benzene rings is 1. The lowest BCUT2D eigenvalue weighted by atomic mass is 9.94. The Bertz CT molecular complexity index is 575. The highest BCUT2D eigenvalue weighted by Crippen LogP contribution is 2.17. The molecular formula is C14H20N2O3S. The Kier molecular flexibility index (Phi) is 5.54. The van der Waals surface area contributed by atoms with Crippen LogP contribution in [0, 0.1) is 11.3 Å². The van der Waals surface area contributed by atoms with Gasteiger partial charge in [0.2, 0.25) is 0 Å². The van der Waals surface area contributed by atoms with Crippen LogP contribution >= 0.6 is 0 Å².